The molecule has 0 aromatic heterocycles. The summed E-state index contributed by atoms with van der Waals surface area (Å²) in [4.78, 5) is 22.7. The van der Waals surface area contributed by atoms with Gasteiger partial charge in [-0.15, -0.1) is 0 Å². The highest BCUT2D eigenvalue weighted by Crippen LogP contribution is 2.17. The largest absolute Gasteiger partial charge is 0.356 e. The lowest BCUT2D eigenvalue weighted by Gasteiger charge is -2.23. The molecule has 2 amide bonds. The van der Waals surface area contributed by atoms with Crippen LogP contribution in [0.15, 0.2) is 0 Å². The molecule has 1 saturated heterocycles. The van der Waals surface area contributed by atoms with Crippen molar-refractivity contribution < 1.29 is 9.59 Å². The minimum atomic E-state index is -0.0438. The third-order valence-electron chi connectivity index (χ3n) is 2.81. The molecule has 1 aliphatic heterocycles. The molecule has 0 aliphatic carbocycles. The molecular formula is C12H22N2O2. The normalized spacial score (nSPS) is 21.4. The first kappa shape index (κ1) is 13.0. The monoisotopic (exact) mass is 226 g/mol. The molecule has 0 aromatic carbocycles. The second-order valence-corrected chi connectivity index (χ2v) is 5.64. The molecule has 1 heterocycles. The number of hydrogen-bond acceptors (Lipinski definition) is 2. The van der Waals surface area contributed by atoms with Gasteiger partial charge >= 0.3 is 0 Å². The maximum Gasteiger partial charge on any atom is 0.224 e. The molecule has 2 N–H and O–H groups in total. The molecule has 92 valence electrons. The topological polar surface area (TPSA) is 58.2 Å². The molecule has 0 spiro atoms. The highest BCUT2D eigenvalue weighted by Gasteiger charge is 2.24. The fraction of sp³-hybridized carbons (Fsp3) is 0.833. The fourth-order valence-electron chi connectivity index (χ4n) is 1.66. The van der Waals surface area contributed by atoms with Crippen LogP contribution in [-0.4, -0.2) is 24.9 Å². The lowest BCUT2D eigenvalue weighted by atomic mass is 9.92. The van der Waals surface area contributed by atoms with E-state index < -0.39 is 0 Å². The standard InChI is InChI=1S/C12H22N2O2/c1-12(2,3)6-7-13-11(16)9-4-5-10(15)14-8-9/h9H,4-8H2,1-3H3,(H,13,16)(H,14,15). The highest BCUT2D eigenvalue weighted by molar-refractivity contribution is 5.83. The Morgan fingerprint density at radius 2 is 2.19 bits per heavy atom. The van der Waals surface area contributed by atoms with Gasteiger partial charge in [-0.2, -0.15) is 0 Å². The molecule has 0 bridgehead atoms. The zero-order valence-electron chi connectivity index (χ0n) is 10.4. The molecule has 0 saturated carbocycles. The second-order valence-electron chi connectivity index (χ2n) is 5.64. The van der Waals surface area contributed by atoms with Crippen LogP contribution in [-0.2, 0) is 9.59 Å². The lowest BCUT2D eigenvalue weighted by molar-refractivity contribution is -0.128. The Bertz CT molecular complexity index is 259. The van der Waals surface area contributed by atoms with Crippen molar-refractivity contribution in [3.05, 3.63) is 0 Å². The van der Waals surface area contributed by atoms with Gasteiger partial charge < -0.3 is 10.6 Å². The van der Waals surface area contributed by atoms with E-state index in [1.165, 1.54) is 0 Å². The van der Waals surface area contributed by atoms with E-state index >= 15 is 0 Å². The zero-order chi connectivity index (χ0) is 12.2. The predicted molar refractivity (Wildman–Crippen MR) is 62.8 cm³/mol. The van der Waals surface area contributed by atoms with Gasteiger partial charge in [0.1, 0.15) is 0 Å². The zero-order valence-corrected chi connectivity index (χ0v) is 10.4. The first-order valence-electron chi connectivity index (χ1n) is 5.93. The van der Waals surface area contributed by atoms with Crippen LogP contribution in [0.25, 0.3) is 0 Å². The summed E-state index contributed by atoms with van der Waals surface area (Å²) in [5, 5.41) is 5.65. The van der Waals surface area contributed by atoms with E-state index in [0.29, 0.717) is 25.9 Å². The van der Waals surface area contributed by atoms with Crippen molar-refractivity contribution in [2.75, 3.05) is 13.1 Å². The Labute approximate surface area is 97.2 Å². The first-order valence-corrected chi connectivity index (χ1v) is 5.93. The van der Waals surface area contributed by atoms with Gasteiger partial charge in [0.25, 0.3) is 0 Å². The molecule has 1 atom stereocenters. The van der Waals surface area contributed by atoms with E-state index in [9.17, 15) is 9.59 Å². The Morgan fingerprint density at radius 1 is 1.50 bits per heavy atom. The summed E-state index contributed by atoms with van der Waals surface area (Å²) in [5.41, 5.74) is 0.244. The van der Waals surface area contributed by atoms with Gasteiger partial charge in [0, 0.05) is 19.5 Å². The van der Waals surface area contributed by atoms with E-state index in [2.05, 4.69) is 31.4 Å². The van der Waals surface area contributed by atoms with Crippen LogP contribution in [0.4, 0.5) is 0 Å². The molecule has 1 fully saturated rings. The van der Waals surface area contributed by atoms with Crippen LogP contribution in [0.1, 0.15) is 40.0 Å². The molecule has 1 aliphatic rings. The number of carbonyl (C=O) groups is 2. The average Bonchev–Trinajstić information content (AvgIpc) is 2.16. The van der Waals surface area contributed by atoms with E-state index in [-0.39, 0.29) is 23.1 Å². The Morgan fingerprint density at radius 3 is 2.69 bits per heavy atom. The highest BCUT2D eigenvalue weighted by atomic mass is 16.2. The van der Waals surface area contributed by atoms with Crippen molar-refractivity contribution in [1.29, 1.82) is 0 Å². The summed E-state index contributed by atoms with van der Waals surface area (Å²) in [6, 6.07) is 0. The van der Waals surface area contributed by atoms with Gasteiger partial charge in [0.05, 0.1) is 5.92 Å². The minimum Gasteiger partial charge on any atom is -0.356 e. The summed E-state index contributed by atoms with van der Waals surface area (Å²) < 4.78 is 0. The minimum absolute atomic E-state index is 0.0438. The molecule has 1 rings (SSSR count). The Kier molecular flexibility index (Phi) is 4.33. The Balaban J connectivity index is 2.22. The number of rotatable bonds is 3. The van der Waals surface area contributed by atoms with Gasteiger partial charge in [-0.3, -0.25) is 9.59 Å². The molecule has 1 unspecified atom stereocenters. The lowest BCUT2D eigenvalue weighted by Crippen LogP contribution is -2.43. The van der Waals surface area contributed by atoms with Crippen LogP contribution in [0.5, 0.6) is 0 Å². The number of carbonyl (C=O) groups excluding carboxylic acids is 2. The van der Waals surface area contributed by atoms with Crippen molar-refractivity contribution in [3.8, 4) is 0 Å². The molecule has 4 nitrogen and oxygen atoms in total. The van der Waals surface area contributed by atoms with Gasteiger partial charge in [-0.25, -0.2) is 0 Å². The first-order chi connectivity index (χ1) is 7.38. The summed E-state index contributed by atoms with van der Waals surface area (Å²) in [6.45, 7) is 7.66. The van der Waals surface area contributed by atoms with Crippen LogP contribution in [0.2, 0.25) is 0 Å². The van der Waals surface area contributed by atoms with Crippen LogP contribution < -0.4 is 10.6 Å². The summed E-state index contributed by atoms with van der Waals surface area (Å²) in [5.74, 6) is 0.0839. The predicted octanol–water partition coefficient (Wildman–Crippen LogP) is 1.06. The van der Waals surface area contributed by atoms with E-state index in [4.69, 9.17) is 0 Å². The molecule has 0 aromatic rings. The smallest absolute Gasteiger partial charge is 0.224 e. The third kappa shape index (κ3) is 4.64. The maximum atomic E-state index is 11.7. The molecule has 4 heteroatoms. The molecular weight excluding hydrogens is 204 g/mol. The third-order valence-corrected chi connectivity index (χ3v) is 2.81. The number of piperidine rings is 1. The summed E-state index contributed by atoms with van der Waals surface area (Å²) in [6.07, 6.45) is 2.11. The van der Waals surface area contributed by atoms with Gasteiger partial charge in [-0.1, -0.05) is 20.8 Å². The van der Waals surface area contributed by atoms with Gasteiger partial charge in [0.2, 0.25) is 11.8 Å². The maximum absolute atomic E-state index is 11.7. The second kappa shape index (κ2) is 5.32. The van der Waals surface area contributed by atoms with Gasteiger partial charge in [-0.05, 0) is 18.3 Å². The van der Waals surface area contributed by atoms with Crippen molar-refractivity contribution in [2.45, 2.75) is 40.0 Å². The Hall–Kier alpha value is -1.06. The fourth-order valence-corrected chi connectivity index (χ4v) is 1.66. The van der Waals surface area contributed by atoms with E-state index in [1.54, 1.807) is 0 Å². The number of nitrogens with one attached hydrogen (secondary N) is 2. The molecule has 0 radical (unpaired) electrons. The van der Waals surface area contributed by atoms with Crippen LogP contribution in [0.3, 0.4) is 0 Å². The quantitative estimate of drug-likeness (QED) is 0.756. The van der Waals surface area contributed by atoms with Crippen molar-refractivity contribution in [2.24, 2.45) is 11.3 Å². The average molecular weight is 226 g/mol. The number of hydrogen-bond donors (Lipinski definition) is 2. The SMILES string of the molecule is CC(C)(C)CCNC(=O)C1CCC(=O)NC1. The van der Waals surface area contributed by atoms with Crippen LogP contribution in [0, 0.1) is 11.3 Å². The van der Waals surface area contributed by atoms with Crippen LogP contribution >= 0.6 is 0 Å². The summed E-state index contributed by atoms with van der Waals surface area (Å²) in [7, 11) is 0. The molecule has 16 heavy (non-hydrogen) atoms. The van der Waals surface area contributed by atoms with Gasteiger partial charge in [0.15, 0.2) is 0 Å². The summed E-state index contributed by atoms with van der Waals surface area (Å²) >= 11 is 0. The van der Waals surface area contributed by atoms with E-state index in [0.717, 1.165) is 6.42 Å². The van der Waals surface area contributed by atoms with Crippen molar-refractivity contribution in [1.82, 2.24) is 10.6 Å². The van der Waals surface area contributed by atoms with Crippen molar-refractivity contribution in [3.63, 3.8) is 0 Å². The van der Waals surface area contributed by atoms with Crippen molar-refractivity contribution >= 4 is 11.8 Å². The van der Waals surface area contributed by atoms with E-state index in [1.807, 2.05) is 0 Å². The number of amides is 2.